The molecule has 0 N–H and O–H groups in total. The van der Waals surface area contributed by atoms with Crippen LogP contribution in [0.1, 0.15) is 24.8 Å². The number of amides is 2. The number of nitrogens with zero attached hydrogens (tertiary/aromatic N) is 5. The number of rotatable bonds is 3. The molecule has 3 aliphatic rings. The fourth-order valence-corrected chi connectivity index (χ4v) is 5.89. The fourth-order valence-electron chi connectivity index (χ4n) is 4.20. The lowest BCUT2D eigenvalue weighted by Gasteiger charge is -2.37. The number of piperazine rings is 1. The molecular formula is C20H22FN5O4S. The van der Waals surface area contributed by atoms with E-state index in [-0.39, 0.29) is 47.4 Å². The molecule has 2 saturated heterocycles. The molecule has 2 amide bonds. The molecule has 1 atom stereocenters. The van der Waals surface area contributed by atoms with Crippen molar-refractivity contribution in [2.24, 2.45) is 5.10 Å². The van der Waals surface area contributed by atoms with Gasteiger partial charge in [-0.05, 0) is 18.6 Å². The summed E-state index contributed by atoms with van der Waals surface area (Å²) < 4.78 is 37.4. The van der Waals surface area contributed by atoms with Gasteiger partial charge in [0.1, 0.15) is 23.2 Å². The van der Waals surface area contributed by atoms with Crippen molar-refractivity contribution >= 4 is 33.1 Å². The van der Waals surface area contributed by atoms with Gasteiger partial charge >= 0.3 is 0 Å². The summed E-state index contributed by atoms with van der Waals surface area (Å²) in [6.07, 6.45) is 0.665. The van der Waals surface area contributed by atoms with Crippen molar-refractivity contribution in [3.63, 3.8) is 0 Å². The molecule has 164 valence electrons. The molecule has 1 unspecified atom stereocenters. The lowest BCUT2D eigenvalue weighted by molar-refractivity contribution is -0.134. The first-order chi connectivity index (χ1) is 14.8. The molecular weight excluding hydrogens is 425 g/mol. The van der Waals surface area contributed by atoms with Gasteiger partial charge in [-0.25, -0.2) is 17.8 Å². The summed E-state index contributed by atoms with van der Waals surface area (Å²) in [4.78, 5) is 28.7. The highest BCUT2D eigenvalue weighted by atomic mass is 32.2. The molecule has 31 heavy (non-hydrogen) atoms. The average molecular weight is 447 g/mol. The number of hydrazone groups is 1. The Balaban J connectivity index is 1.44. The van der Waals surface area contributed by atoms with Gasteiger partial charge in [0.15, 0.2) is 9.84 Å². The van der Waals surface area contributed by atoms with Crippen LogP contribution in [0, 0.1) is 17.1 Å². The van der Waals surface area contributed by atoms with Crippen LogP contribution in [0.15, 0.2) is 23.3 Å². The minimum Gasteiger partial charge on any atom is -0.367 e. The van der Waals surface area contributed by atoms with E-state index in [1.54, 1.807) is 17.0 Å². The summed E-state index contributed by atoms with van der Waals surface area (Å²) in [7, 11) is -3.18. The van der Waals surface area contributed by atoms with Crippen molar-refractivity contribution in [2.45, 2.75) is 25.3 Å². The maximum Gasteiger partial charge on any atom is 0.270 e. The molecule has 0 spiro atoms. The lowest BCUT2D eigenvalue weighted by atomic mass is 10.1. The second-order valence-electron chi connectivity index (χ2n) is 7.87. The number of hydrogen-bond acceptors (Lipinski definition) is 7. The Morgan fingerprint density at radius 1 is 1.19 bits per heavy atom. The van der Waals surface area contributed by atoms with E-state index in [0.717, 1.165) is 0 Å². The third-order valence-electron chi connectivity index (χ3n) is 5.87. The lowest BCUT2D eigenvalue weighted by Crippen LogP contribution is -2.52. The third-order valence-corrected chi connectivity index (χ3v) is 7.62. The van der Waals surface area contributed by atoms with E-state index in [0.29, 0.717) is 38.3 Å². The largest absolute Gasteiger partial charge is 0.367 e. The number of carbonyl (C=O) groups is 2. The number of nitriles is 1. The van der Waals surface area contributed by atoms with Crippen LogP contribution in [-0.4, -0.2) is 79.6 Å². The zero-order chi connectivity index (χ0) is 22.2. The van der Waals surface area contributed by atoms with Gasteiger partial charge in [0, 0.05) is 39.0 Å². The predicted octanol–water partition coefficient (Wildman–Crippen LogP) is 0.511. The monoisotopic (exact) mass is 447 g/mol. The Kier molecular flexibility index (Phi) is 5.66. The standard InChI is InChI=1S/C20H22FN5O4S/c21-16-2-1-3-18(15(16)12-22)24-7-9-25(10-8-24)20(28)17-4-5-19(27)26(23-17)14-6-11-31(29,30)13-14/h1-3,14H,4-11,13H2. The number of halogens is 1. The van der Waals surface area contributed by atoms with E-state index >= 15 is 0 Å². The normalized spacial score (nSPS) is 23.5. The number of sulfone groups is 1. The van der Waals surface area contributed by atoms with Crippen LogP contribution in [0.3, 0.4) is 0 Å². The zero-order valence-electron chi connectivity index (χ0n) is 16.8. The van der Waals surface area contributed by atoms with Gasteiger partial charge in [-0.15, -0.1) is 0 Å². The SMILES string of the molecule is N#Cc1c(F)cccc1N1CCN(C(=O)C2=NN(C3CCS(=O)(=O)C3)C(=O)CC2)CC1. The Bertz CT molecular complexity index is 1090. The maximum atomic E-state index is 13.9. The molecule has 0 radical (unpaired) electrons. The molecule has 0 bridgehead atoms. The van der Waals surface area contributed by atoms with Gasteiger partial charge < -0.3 is 9.80 Å². The van der Waals surface area contributed by atoms with Crippen LogP contribution >= 0.6 is 0 Å². The first kappa shape index (κ1) is 21.2. The van der Waals surface area contributed by atoms with E-state index in [1.165, 1.54) is 11.1 Å². The van der Waals surface area contributed by atoms with Gasteiger partial charge in [-0.3, -0.25) is 9.59 Å². The molecule has 3 aliphatic heterocycles. The molecule has 9 nitrogen and oxygen atoms in total. The van der Waals surface area contributed by atoms with Gasteiger partial charge in [-0.1, -0.05) is 6.07 Å². The van der Waals surface area contributed by atoms with Gasteiger partial charge in [0.2, 0.25) is 5.91 Å². The van der Waals surface area contributed by atoms with Crippen LogP contribution < -0.4 is 4.90 Å². The van der Waals surface area contributed by atoms with E-state index in [2.05, 4.69) is 5.10 Å². The van der Waals surface area contributed by atoms with Crippen molar-refractivity contribution in [1.82, 2.24) is 9.91 Å². The summed E-state index contributed by atoms with van der Waals surface area (Å²) in [6, 6.07) is 5.85. The van der Waals surface area contributed by atoms with Crippen molar-refractivity contribution in [3.8, 4) is 6.07 Å². The van der Waals surface area contributed by atoms with Crippen LogP contribution in [0.25, 0.3) is 0 Å². The molecule has 2 fully saturated rings. The van der Waals surface area contributed by atoms with Crippen molar-refractivity contribution in [1.29, 1.82) is 5.26 Å². The highest BCUT2D eigenvalue weighted by Crippen LogP contribution is 2.25. The molecule has 3 heterocycles. The topological polar surface area (TPSA) is 114 Å². The average Bonchev–Trinajstić information content (AvgIpc) is 3.13. The van der Waals surface area contributed by atoms with E-state index in [4.69, 9.17) is 0 Å². The Morgan fingerprint density at radius 2 is 1.94 bits per heavy atom. The van der Waals surface area contributed by atoms with Crippen LogP contribution in [-0.2, 0) is 19.4 Å². The number of anilines is 1. The molecule has 1 aromatic rings. The summed E-state index contributed by atoms with van der Waals surface area (Å²) >= 11 is 0. The van der Waals surface area contributed by atoms with Crippen LogP contribution in [0.5, 0.6) is 0 Å². The minimum absolute atomic E-state index is 0.0143. The number of hydrogen-bond donors (Lipinski definition) is 0. The van der Waals surface area contributed by atoms with Crippen molar-refractivity contribution in [2.75, 3.05) is 42.6 Å². The van der Waals surface area contributed by atoms with Crippen LogP contribution in [0.2, 0.25) is 0 Å². The summed E-state index contributed by atoms with van der Waals surface area (Å²) in [5.74, 6) is -1.23. The molecule has 0 saturated carbocycles. The van der Waals surface area contributed by atoms with Gasteiger partial charge in [-0.2, -0.15) is 10.4 Å². The van der Waals surface area contributed by atoms with Crippen molar-refractivity contribution in [3.05, 3.63) is 29.6 Å². The predicted molar refractivity (Wildman–Crippen MR) is 110 cm³/mol. The van der Waals surface area contributed by atoms with E-state index in [1.807, 2.05) is 11.0 Å². The first-order valence-electron chi connectivity index (χ1n) is 10.1. The van der Waals surface area contributed by atoms with Gasteiger partial charge in [0.25, 0.3) is 5.91 Å². The summed E-state index contributed by atoms with van der Waals surface area (Å²) in [6.45, 7) is 1.59. The molecule has 4 rings (SSSR count). The second kappa shape index (κ2) is 8.26. The highest BCUT2D eigenvalue weighted by molar-refractivity contribution is 7.91. The Hall–Kier alpha value is -3.00. The Labute approximate surface area is 179 Å². The maximum absolute atomic E-state index is 13.9. The smallest absolute Gasteiger partial charge is 0.270 e. The molecule has 1 aromatic carbocycles. The molecule has 11 heteroatoms. The second-order valence-corrected chi connectivity index (χ2v) is 10.1. The van der Waals surface area contributed by atoms with Crippen LogP contribution in [0.4, 0.5) is 10.1 Å². The van der Waals surface area contributed by atoms with Gasteiger partial charge in [0.05, 0.1) is 23.2 Å². The first-order valence-corrected chi connectivity index (χ1v) is 11.9. The summed E-state index contributed by atoms with van der Waals surface area (Å²) in [5.41, 5.74) is 0.740. The molecule has 0 aromatic heterocycles. The number of benzene rings is 1. The fraction of sp³-hybridized carbons (Fsp3) is 0.500. The Morgan fingerprint density at radius 3 is 2.58 bits per heavy atom. The molecule has 0 aliphatic carbocycles. The van der Waals surface area contributed by atoms with E-state index < -0.39 is 21.7 Å². The zero-order valence-corrected chi connectivity index (χ0v) is 17.6. The summed E-state index contributed by atoms with van der Waals surface area (Å²) in [5, 5.41) is 14.7. The minimum atomic E-state index is -3.18. The highest BCUT2D eigenvalue weighted by Gasteiger charge is 2.38. The quantitative estimate of drug-likeness (QED) is 0.667. The number of carbonyl (C=O) groups excluding carboxylic acids is 2. The third kappa shape index (κ3) is 4.25. The van der Waals surface area contributed by atoms with E-state index in [9.17, 15) is 27.7 Å². The van der Waals surface area contributed by atoms with Crippen molar-refractivity contribution < 1.29 is 22.4 Å².